The number of unbranched alkanes of at least 4 members (excludes halogenated alkanes) is 1. The molecule has 0 saturated heterocycles. The summed E-state index contributed by atoms with van der Waals surface area (Å²) >= 11 is 0.841. The highest BCUT2D eigenvalue weighted by Gasteiger charge is 2.34. The van der Waals surface area contributed by atoms with Crippen LogP contribution in [0.2, 0.25) is 0 Å². The number of carbonyl (C=O) groups excluding carboxylic acids is 3. The molecule has 8 nitrogen and oxygen atoms in total. The summed E-state index contributed by atoms with van der Waals surface area (Å²) in [4.78, 5) is 51.8. The standard InChI is InChI=1S/C24H21N3O5S/c1-16-8-10-17(11-9-16)25(24(30)20-12-13-21(33-20)27(31)32)14-4-5-15-26-22(28)18-6-2-3-7-19(18)23(26)29/h2-3,6-13H,4-5,14-15H2,1H3. The topological polar surface area (TPSA) is 101 Å². The molecule has 1 aliphatic rings. The molecule has 1 aromatic heterocycles. The highest BCUT2D eigenvalue weighted by atomic mass is 32.1. The number of nitro groups is 1. The quantitative estimate of drug-likeness (QED) is 0.209. The first kappa shape index (κ1) is 22.3. The Kier molecular flexibility index (Phi) is 6.32. The van der Waals surface area contributed by atoms with Gasteiger partial charge in [0.05, 0.1) is 20.9 Å². The fourth-order valence-corrected chi connectivity index (χ4v) is 4.50. The monoisotopic (exact) mass is 463 g/mol. The van der Waals surface area contributed by atoms with E-state index in [0.29, 0.717) is 36.2 Å². The lowest BCUT2D eigenvalue weighted by Gasteiger charge is -2.23. The number of benzene rings is 2. The Balaban J connectivity index is 1.44. The summed E-state index contributed by atoms with van der Waals surface area (Å²) in [6.45, 7) is 2.55. The summed E-state index contributed by atoms with van der Waals surface area (Å²) in [6, 6.07) is 17.0. The number of nitrogens with zero attached hydrogens (tertiary/aromatic N) is 3. The van der Waals surface area contributed by atoms with Crippen LogP contribution in [0.25, 0.3) is 0 Å². The van der Waals surface area contributed by atoms with Gasteiger partial charge in [-0.05, 0) is 50.1 Å². The maximum Gasteiger partial charge on any atom is 0.324 e. The number of amides is 3. The number of rotatable bonds is 8. The second kappa shape index (κ2) is 9.33. The zero-order valence-electron chi connectivity index (χ0n) is 17.9. The molecular formula is C24H21N3O5S. The minimum absolute atomic E-state index is 0.0900. The van der Waals surface area contributed by atoms with Crippen LogP contribution in [0.3, 0.4) is 0 Å². The van der Waals surface area contributed by atoms with Crippen molar-refractivity contribution in [3.63, 3.8) is 0 Å². The van der Waals surface area contributed by atoms with Crippen LogP contribution < -0.4 is 4.90 Å². The predicted octanol–water partition coefficient (Wildman–Crippen LogP) is 4.69. The molecule has 3 aromatic rings. The molecule has 0 fully saturated rings. The van der Waals surface area contributed by atoms with Gasteiger partial charge in [0.1, 0.15) is 0 Å². The van der Waals surface area contributed by atoms with E-state index >= 15 is 0 Å². The molecule has 33 heavy (non-hydrogen) atoms. The lowest BCUT2D eigenvalue weighted by atomic mass is 10.1. The number of fused-ring (bicyclic) bond motifs is 1. The highest BCUT2D eigenvalue weighted by Crippen LogP contribution is 2.28. The van der Waals surface area contributed by atoms with E-state index in [4.69, 9.17) is 0 Å². The number of hydrogen-bond acceptors (Lipinski definition) is 6. The van der Waals surface area contributed by atoms with Crippen molar-refractivity contribution < 1.29 is 19.3 Å². The third-order valence-electron chi connectivity index (χ3n) is 5.46. The molecule has 0 atom stereocenters. The molecule has 0 aliphatic carbocycles. The van der Waals surface area contributed by atoms with Gasteiger partial charge in [0, 0.05) is 24.8 Å². The molecule has 1 aliphatic heterocycles. The maximum absolute atomic E-state index is 13.2. The molecule has 0 radical (unpaired) electrons. The lowest BCUT2D eigenvalue weighted by molar-refractivity contribution is -0.380. The van der Waals surface area contributed by atoms with Crippen LogP contribution in [0.5, 0.6) is 0 Å². The lowest BCUT2D eigenvalue weighted by Crippen LogP contribution is -2.33. The second-order valence-corrected chi connectivity index (χ2v) is 8.76. The van der Waals surface area contributed by atoms with Gasteiger partial charge in [-0.2, -0.15) is 0 Å². The first-order chi connectivity index (χ1) is 15.9. The van der Waals surface area contributed by atoms with Gasteiger partial charge < -0.3 is 4.90 Å². The smallest absolute Gasteiger partial charge is 0.308 e. The van der Waals surface area contributed by atoms with Crippen molar-refractivity contribution in [2.45, 2.75) is 19.8 Å². The third kappa shape index (κ3) is 4.54. The summed E-state index contributed by atoms with van der Waals surface area (Å²) in [5, 5.41) is 10.9. The molecular weight excluding hydrogens is 442 g/mol. The Hall–Kier alpha value is -3.85. The van der Waals surface area contributed by atoms with E-state index in [1.54, 1.807) is 29.2 Å². The summed E-state index contributed by atoms with van der Waals surface area (Å²) < 4.78 is 0. The van der Waals surface area contributed by atoms with Crippen molar-refractivity contribution in [2.75, 3.05) is 18.0 Å². The van der Waals surface area contributed by atoms with Gasteiger partial charge in [0.15, 0.2) is 0 Å². The van der Waals surface area contributed by atoms with Gasteiger partial charge in [-0.1, -0.05) is 41.2 Å². The molecule has 2 heterocycles. The van der Waals surface area contributed by atoms with Crippen LogP contribution in [-0.2, 0) is 0 Å². The highest BCUT2D eigenvalue weighted by molar-refractivity contribution is 7.17. The average molecular weight is 464 g/mol. The fraction of sp³-hybridized carbons (Fsp3) is 0.208. The zero-order chi connectivity index (χ0) is 23.5. The van der Waals surface area contributed by atoms with Crippen molar-refractivity contribution in [3.05, 3.63) is 92.3 Å². The number of imide groups is 1. The van der Waals surface area contributed by atoms with Crippen LogP contribution >= 0.6 is 11.3 Å². The van der Waals surface area contributed by atoms with E-state index in [1.165, 1.54) is 17.0 Å². The molecule has 2 aromatic carbocycles. The van der Waals surface area contributed by atoms with Gasteiger partial charge >= 0.3 is 5.00 Å². The second-order valence-electron chi connectivity index (χ2n) is 7.70. The molecule has 168 valence electrons. The molecule has 4 rings (SSSR count). The number of hydrogen-bond donors (Lipinski definition) is 0. The van der Waals surface area contributed by atoms with E-state index in [0.717, 1.165) is 16.9 Å². The van der Waals surface area contributed by atoms with Crippen molar-refractivity contribution in [3.8, 4) is 0 Å². The summed E-state index contributed by atoms with van der Waals surface area (Å²) in [5.41, 5.74) is 2.56. The first-order valence-corrected chi connectivity index (χ1v) is 11.3. The van der Waals surface area contributed by atoms with Crippen molar-refractivity contribution in [1.82, 2.24) is 4.90 Å². The van der Waals surface area contributed by atoms with E-state index in [2.05, 4.69) is 0 Å². The zero-order valence-corrected chi connectivity index (χ0v) is 18.7. The van der Waals surface area contributed by atoms with Crippen molar-refractivity contribution in [1.29, 1.82) is 0 Å². The number of anilines is 1. The van der Waals surface area contributed by atoms with Gasteiger partial charge in [0.2, 0.25) is 0 Å². The predicted molar refractivity (Wildman–Crippen MR) is 125 cm³/mol. The number of aryl methyl sites for hydroxylation is 1. The third-order valence-corrected chi connectivity index (χ3v) is 6.49. The van der Waals surface area contributed by atoms with Crippen molar-refractivity contribution in [2.24, 2.45) is 0 Å². The van der Waals surface area contributed by atoms with Crippen LogP contribution in [0, 0.1) is 17.0 Å². The molecule has 0 bridgehead atoms. The fourth-order valence-electron chi connectivity index (χ4n) is 3.73. The summed E-state index contributed by atoms with van der Waals surface area (Å²) in [5.74, 6) is -0.918. The largest absolute Gasteiger partial charge is 0.324 e. The van der Waals surface area contributed by atoms with Crippen LogP contribution in [-0.4, -0.2) is 40.6 Å². The van der Waals surface area contributed by atoms with Gasteiger partial charge in [-0.3, -0.25) is 29.4 Å². The van der Waals surface area contributed by atoms with E-state index in [9.17, 15) is 24.5 Å². The Morgan fingerprint density at radius 1 is 0.970 bits per heavy atom. The molecule has 0 N–H and O–H groups in total. The SMILES string of the molecule is Cc1ccc(N(CCCCN2C(=O)c3ccccc3C2=O)C(=O)c2ccc([N+](=O)[O-])s2)cc1. The van der Waals surface area contributed by atoms with Crippen LogP contribution in [0.15, 0.2) is 60.7 Å². The Morgan fingerprint density at radius 2 is 1.61 bits per heavy atom. The van der Waals surface area contributed by atoms with E-state index in [-0.39, 0.29) is 34.1 Å². The van der Waals surface area contributed by atoms with Crippen LogP contribution in [0.4, 0.5) is 10.7 Å². The minimum Gasteiger partial charge on any atom is -0.308 e. The first-order valence-electron chi connectivity index (χ1n) is 10.4. The Bertz CT molecular complexity index is 1200. The molecule has 0 unspecified atom stereocenters. The van der Waals surface area contributed by atoms with Gasteiger partial charge in [0.25, 0.3) is 17.7 Å². The Morgan fingerprint density at radius 3 is 2.18 bits per heavy atom. The normalized spacial score (nSPS) is 12.7. The summed E-state index contributed by atoms with van der Waals surface area (Å²) in [7, 11) is 0. The molecule has 9 heteroatoms. The molecule has 0 saturated carbocycles. The molecule has 0 spiro atoms. The summed E-state index contributed by atoms with van der Waals surface area (Å²) in [6.07, 6.45) is 1.06. The Labute approximate surface area is 194 Å². The van der Waals surface area contributed by atoms with Crippen molar-refractivity contribution >= 4 is 39.7 Å². The molecule has 3 amide bonds. The minimum atomic E-state index is -0.514. The number of carbonyl (C=O) groups is 3. The van der Waals surface area contributed by atoms with E-state index < -0.39 is 4.92 Å². The number of thiophene rings is 1. The van der Waals surface area contributed by atoms with Crippen LogP contribution in [0.1, 0.15) is 48.8 Å². The average Bonchev–Trinajstić information content (AvgIpc) is 3.40. The van der Waals surface area contributed by atoms with E-state index in [1.807, 2.05) is 31.2 Å². The van der Waals surface area contributed by atoms with Gasteiger partial charge in [-0.25, -0.2) is 0 Å². The maximum atomic E-state index is 13.2. The van der Waals surface area contributed by atoms with Gasteiger partial charge in [-0.15, -0.1) is 0 Å².